The number of carbonyl (C=O) groups excluding carboxylic acids is 1. The summed E-state index contributed by atoms with van der Waals surface area (Å²) in [5.41, 5.74) is 6.38. The van der Waals surface area contributed by atoms with Gasteiger partial charge >= 0.3 is 0 Å². The van der Waals surface area contributed by atoms with Gasteiger partial charge in [0.05, 0.1) is 0 Å². The number of piperidine rings is 1. The molecule has 2 rings (SSSR count). The molecule has 0 saturated carbocycles. The van der Waals surface area contributed by atoms with E-state index in [-0.39, 0.29) is 11.9 Å². The van der Waals surface area contributed by atoms with Gasteiger partial charge in [-0.05, 0) is 47.9 Å². The van der Waals surface area contributed by atoms with Gasteiger partial charge in [-0.25, -0.2) is 0 Å². The molecule has 1 unspecified atom stereocenters. The van der Waals surface area contributed by atoms with Crippen LogP contribution in [0.5, 0.6) is 0 Å². The molecule has 1 aliphatic heterocycles. The molecule has 1 saturated heterocycles. The van der Waals surface area contributed by atoms with E-state index in [0.717, 1.165) is 23.0 Å². The average Bonchev–Trinajstić information content (AvgIpc) is 2.75. The predicted molar refractivity (Wildman–Crippen MR) is 71.2 cm³/mol. The van der Waals surface area contributed by atoms with Crippen LogP contribution in [0.25, 0.3) is 0 Å². The fraction of sp³-hybridized carbons (Fsp3) is 0.545. The van der Waals surface area contributed by atoms with Gasteiger partial charge in [0.25, 0.3) is 5.91 Å². The Kier molecular flexibility index (Phi) is 3.86. The third-order valence-corrected chi connectivity index (χ3v) is 3.66. The Hall–Kier alpha value is -0.560. The Morgan fingerprint density at radius 2 is 2.44 bits per heavy atom. The lowest BCUT2D eigenvalue weighted by molar-refractivity contribution is 0.0618. The lowest BCUT2D eigenvalue weighted by atomic mass is 10.0. The van der Waals surface area contributed by atoms with Crippen molar-refractivity contribution in [2.75, 3.05) is 13.1 Å². The molecule has 1 aliphatic rings. The number of nitrogens with zero attached hydrogens (tertiary/aromatic N) is 1. The number of hydrogen-bond acceptors (Lipinski definition) is 2. The van der Waals surface area contributed by atoms with Crippen LogP contribution in [0.1, 0.15) is 29.8 Å². The monoisotopic (exact) mass is 333 g/mol. The van der Waals surface area contributed by atoms with Crippen molar-refractivity contribution in [2.45, 2.75) is 25.3 Å². The number of amides is 1. The van der Waals surface area contributed by atoms with E-state index in [0.29, 0.717) is 12.2 Å². The van der Waals surface area contributed by atoms with Crippen molar-refractivity contribution >= 4 is 28.5 Å². The van der Waals surface area contributed by atoms with Crippen LogP contribution < -0.4 is 5.73 Å². The number of nitrogens with one attached hydrogen (secondary N) is 1. The Balaban J connectivity index is 2.13. The quantitative estimate of drug-likeness (QED) is 0.807. The first-order valence-electron chi connectivity index (χ1n) is 5.57. The summed E-state index contributed by atoms with van der Waals surface area (Å²) in [5, 5.41) is 0. The van der Waals surface area contributed by atoms with E-state index in [1.165, 1.54) is 6.42 Å². The van der Waals surface area contributed by atoms with E-state index in [2.05, 4.69) is 27.6 Å². The van der Waals surface area contributed by atoms with Gasteiger partial charge < -0.3 is 15.6 Å². The predicted octanol–water partition coefficient (Wildman–Crippen LogP) is 1.57. The first-order valence-corrected chi connectivity index (χ1v) is 6.65. The highest BCUT2D eigenvalue weighted by Crippen LogP contribution is 2.19. The van der Waals surface area contributed by atoms with Crippen molar-refractivity contribution in [2.24, 2.45) is 5.73 Å². The zero-order chi connectivity index (χ0) is 11.5. The molecule has 0 bridgehead atoms. The molecule has 0 aliphatic carbocycles. The van der Waals surface area contributed by atoms with Crippen LogP contribution in [-0.4, -0.2) is 34.9 Å². The van der Waals surface area contributed by atoms with Crippen molar-refractivity contribution in [3.8, 4) is 0 Å². The molecule has 5 heteroatoms. The van der Waals surface area contributed by atoms with Crippen molar-refractivity contribution in [1.29, 1.82) is 0 Å². The van der Waals surface area contributed by atoms with Crippen LogP contribution in [0.4, 0.5) is 0 Å². The van der Waals surface area contributed by atoms with Crippen molar-refractivity contribution in [1.82, 2.24) is 9.88 Å². The van der Waals surface area contributed by atoms with Gasteiger partial charge in [-0.2, -0.15) is 0 Å². The molecule has 1 aromatic rings. The molecule has 2 heterocycles. The maximum Gasteiger partial charge on any atom is 0.270 e. The van der Waals surface area contributed by atoms with Crippen molar-refractivity contribution < 1.29 is 4.79 Å². The molecule has 1 fully saturated rings. The normalized spacial score (nSPS) is 21.1. The average molecular weight is 333 g/mol. The van der Waals surface area contributed by atoms with Gasteiger partial charge in [-0.3, -0.25) is 4.79 Å². The van der Waals surface area contributed by atoms with E-state index >= 15 is 0 Å². The summed E-state index contributed by atoms with van der Waals surface area (Å²) in [5.74, 6) is 0.0815. The minimum Gasteiger partial charge on any atom is -0.356 e. The topological polar surface area (TPSA) is 62.1 Å². The summed E-state index contributed by atoms with van der Waals surface area (Å²) in [6.45, 7) is 1.39. The van der Waals surface area contributed by atoms with Crippen LogP contribution in [0.15, 0.2) is 12.3 Å². The maximum absolute atomic E-state index is 12.2. The number of nitrogens with two attached hydrogens (primary N) is 1. The van der Waals surface area contributed by atoms with Gasteiger partial charge in [-0.1, -0.05) is 0 Å². The molecule has 1 aromatic heterocycles. The van der Waals surface area contributed by atoms with Gasteiger partial charge in [0.2, 0.25) is 0 Å². The largest absolute Gasteiger partial charge is 0.356 e. The van der Waals surface area contributed by atoms with Gasteiger partial charge in [-0.15, -0.1) is 0 Å². The van der Waals surface area contributed by atoms with Crippen LogP contribution in [0.3, 0.4) is 0 Å². The first kappa shape index (κ1) is 11.9. The fourth-order valence-electron chi connectivity index (χ4n) is 2.16. The molecule has 88 valence electrons. The SMILES string of the molecule is NCC1CCCCN1C(=O)c1cc(I)c[nH]1. The van der Waals surface area contributed by atoms with E-state index in [9.17, 15) is 4.79 Å². The summed E-state index contributed by atoms with van der Waals surface area (Å²) < 4.78 is 1.06. The number of aromatic amines is 1. The second kappa shape index (κ2) is 5.18. The van der Waals surface area contributed by atoms with E-state index in [1.807, 2.05) is 17.2 Å². The lowest BCUT2D eigenvalue weighted by Crippen LogP contribution is -2.47. The first-order chi connectivity index (χ1) is 7.72. The molecule has 3 N–H and O–H groups in total. The van der Waals surface area contributed by atoms with Crippen molar-refractivity contribution in [3.63, 3.8) is 0 Å². The minimum absolute atomic E-state index is 0.0815. The third-order valence-electron chi connectivity index (χ3n) is 3.04. The number of H-pyrrole nitrogens is 1. The Labute approximate surface area is 109 Å². The number of halogens is 1. The number of likely N-dealkylation sites (tertiary alicyclic amines) is 1. The highest BCUT2D eigenvalue weighted by molar-refractivity contribution is 14.1. The highest BCUT2D eigenvalue weighted by atomic mass is 127. The zero-order valence-corrected chi connectivity index (χ0v) is 11.2. The number of hydrogen-bond donors (Lipinski definition) is 2. The molecule has 16 heavy (non-hydrogen) atoms. The summed E-state index contributed by atoms with van der Waals surface area (Å²) in [6.07, 6.45) is 5.13. The molecule has 0 radical (unpaired) electrons. The molecule has 0 spiro atoms. The molecular weight excluding hydrogens is 317 g/mol. The van der Waals surface area contributed by atoms with Crippen LogP contribution in [0, 0.1) is 3.57 Å². The van der Waals surface area contributed by atoms with Crippen LogP contribution in [0.2, 0.25) is 0 Å². The van der Waals surface area contributed by atoms with Gasteiger partial charge in [0.15, 0.2) is 0 Å². The van der Waals surface area contributed by atoms with E-state index in [1.54, 1.807) is 0 Å². The summed E-state index contributed by atoms with van der Waals surface area (Å²) in [4.78, 5) is 17.1. The van der Waals surface area contributed by atoms with Crippen LogP contribution in [-0.2, 0) is 0 Å². The Bertz CT molecular complexity index is 377. The molecular formula is C11H16IN3O. The van der Waals surface area contributed by atoms with E-state index in [4.69, 9.17) is 5.73 Å². The molecule has 0 aromatic carbocycles. The molecule has 1 amide bonds. The standard InChI is InChI=1S/C11H16IN3O/c12-8-5-10(14-7-8)11(16)15-4-2-1-3-9(15)6-13/h5,7,9,14H,1-4,6,13H2. The molecule has 1 atom stereocenters. The van der Waals surface area contributed by atoms with Crippen LogP contribution >= 0.6 is 22.6 Å². The summed E-state index contributed by atoms with van der Waals surface area (Å²) >= 11 is 2.19. The molecule has 4 nitrogen and oxygen atoms in total. The number of rotatable bonds is 2. The minimum atomic E-state index is 0.0815. The number of aromatic nitrogens is 1. The smallest absolute Gasteiger partial charge is 0.270 e. The van der Waals surface area contributed by atoms with E-state index < -0.39 is 0 Å². The second-order valence-corrected chi connectivity index (χ2v) is 5.36. The Morgan fingerprint density at radius 1 is 1.62 bits per heavy atom. The van der Waals surface area contributed by atoms with Gasteiger partial charge in [0.1, 0.15) is 5.69 Å². The summed E-state index contributed by atoms with van der Waals surface area (Å²) in [6, 6.07) is 2.09. The lowest BCUT2D eigenvalue weighted by Gasteiger charge is -2.34. The Morgan fingerprint density at radius 3 is 3.06 bits per heavy atom. The fourth-order valence-corrected chi connectivity index (χ4v) is 2.63. The zero-order valence-electron chi connectivity index (χ0n) is 9.08. The third kappa shape index (κ3) is 2.40. The van der Waals surface area contributed by atoms with Gasteiger partial charge in [0, 0.05) is 28.9 Å². The second-order valence-electron chi connectivity index (χ2n) is 4.12. The highest BCUT2D eigenvalue weighted by Gasteiger charge is 2.26. The number of carbonyl (C=O) groups is 1. The van der Waals surface area contributed by atoms with Crippen molar-refractivity contribution in [3.05, 3.63) is 21.5 Å². The maximum atomic E-state index is 12.2. The summed E-state index contributed by atoms with van der Waals surface area (Å²) in [7, 11) is 0.